The summed E-state index contributed by atoms with van der Waals surface area (Å²) >= 11 is 0. The number of aromatic nitrogens is 2. The number of hydrogen-bond donors (Lipinski definition) is 2. The average Bonchev–Trinajstić information content (AvgIpc) is 2.09. The molecular weight excluding hydrogens is 174 g/mol. The number of aryl methyl sites for hydroxylation is 1. The second kappa shape index (κ2) is 3.44. The van der Waals surface area contributed by atoms with Gasteiger partial charge in [-0.15, -0.1) is 0 Å². The van der Waals surface area contributed by atoms with Gasteiger partial charge in [0.1, 0.15) is 5.69 Å². The minimum atomic E-state index is -0.558. The first kappa shape index (κ1) is 9.53. The second-order valence-corrected chi connectivity index (χ2v) is 2.66. The van der Waals surface area contributed by atoms with Crippen molar-refractivity contribution in [2.45, 2.75) is 6.54 Å². The van der Waals surface area contributed by atoms with Crippen molar-refractivity contribution < 1.29 is 5.11 Å². The lowest BCUT2D eigenvalue weighted by molar-refractivity contribution is 0.270. The lowest BCUT2D eigenvalue weighted by Gasteiger charge is -2.05. The van der Waals surface area contributed by atoms with Crippen LogP contribution < -0.4 is 17.0 Å². The molecule has 6 heteroatoms. The molecule has 13 heavy (non-hydrogen) atoms. The Labute approximate surface area is 73.8 Å². The molecule has 0 saturated carbocycles. The summed E-state index contributed by atoms with van der Waals surface area (Å²) in [5.41, 5.74) is 4.31. The molecule has 0 atom stereocenters. The molecule has 1 aromatic heterocycles. The molecule has 3 N–H and O–H groups in total. The van der Waals surface area contributed by atoms with E-state index in [1.165, 1.54) is 17.8 Å². The van der Waals surface area contributed by atoms with Crippen LogP contribution in [0.15, 0.2) is 15.8 Å². The predicted octanol–water partition coefficient (Wildman–Crippen LogP) is -1.88. The number of rotatable bonds is 2. The summed E-state index contributed by atoms with van der Waals surface area (Å²) in [6.45, 7) is -0.296. The van der Waals surface area contributed by atoms with Gasteiger partial charge in [0.2, 0.25) is 0 Å². The second-order valence-electron chi connectivity index (χ2n) is 2.66. The standard InChI is InChI=1S/C7H11N3O3/c1-9-4-5(8)6(12)10(2-3-11)7(9)13/h4,11H,2-3,8H2,1H3. The van der Waals surface area contributed by atoms with Gasteiger partial charge >= 0.3 is 5.69 Å². The van der Waals surface area contributed by atoms with Crippen LogP contribution in [-0.2, 0) is 13.6 Å². The molecule has 6 nitrogen and oxygen atoms in total. The van der Waals surface area contributed by atoms with Gasteiger partial charge in [0, 0.05) is 13.2 Å². The Kier molecular flexibility index (Phi) is 2.52. The first-order chi connectivity index (χ1) is 6.07. The van der Waals surface area contributed by atoms with Crippen molar-refractivity contribution in [1.29, 1.82) is 0 Å². The lowest BCUT2D eigenvalue weighted by atomic mass is 10.5. The molecule has 1 heterocycles. The maximum atomic E-state index is 11.3. The highest BCUT2D eigenvalue weighted by Gasteiger charge is 2.05. The van der Waals surface area contributed by atoms with E-state index in [1.807, 2.05) is 0 Å². The molecule has 0 spiro atoms. The van der Waals surface area contributed by atoms with Gasteiger partial charge in [-0.05, 0) is 0 Å². The number of hydrogen-bond acceptors (Lipinski definition) is 4. The van der Waals surface area contributed by atoms with Gasteiger partial charge in [-0.1, -0.05) is 0 Å². The summed E-state index contributed by atoms with van der Waals surface area (Å²) in [4.78, 5) is 22.5. The highest BCUT2D eigenvalue weighted by Crippen LogP contribution is 1.86. The summed E-state index contributed by atoms with van der Waals surface area (Å²) < 4.78 is 2.10. The van der Waals surface area contributed by atoms with Crippen molar-refractivity contribution in [2.75, 3.05) is 12.3 Å². The van der Waals surface area contributed by atoms with E-state index in [9.17, 15) is 9.59 Å². The molecule has 0 aliphatic carbocycles. The minimum Gasteiger partial charge on any atom is -0.395 e. The molecule has 1 rings (SSSR count). The minimum absolute atomic E-state index is 0.00412. The zero-order chi connectivity index (χ0) is 10.0. The van der Waals surface area contributed by atoms with Crippen LogP contribution >= 0.6 is 0 Å². The Morgan fingerprint density at radius 1 is 1.54 bits per heavy atom. The lowest BCUT2D eigenvalue weighted by Crippen LogP contribution is -2.40. The number of aliphatic hydroxyl groups is 1. The van der Waals surface area contributed by atoms with Gasteiger partial charge in [0.05, 0.1) is 13.2 Å². The fraction of sp³-hybridized carbons (Fsp3) is 0.429. The molecule has 0 unspecified atom stereocenters. The highest BCUT2D eigenvalue weighted by atomic mass is 16.3. The Bertz CT molecular complexity index is 384. The molecule has 0 aliphatic heterocycles. The number of aliphatic hydroxyl groups excluding tert-OH is 1. The molecule has 1 aromatic rings. The van der Waals surface area contributed by atoms with E-state index in [0.717, 1.165) is 4.57 Å². The molecule has 0 aromatic carbocycles. The zero-order valence-corrected chi connectivity index (χ0v) is 7.23. The van der Waals surface area contributed by atoms with E-state index >= 15 is 0 Å². The summed E-state index contributed by atoms with van der Waals surface area (Å²) in [7, 11) is 1.49. The third kappa shape index (κ3) is 1.62. The number of nitrogens with zero attached hydrogens (tertiary/aromatic N) is 2. The first-order valence-electron chi connectivity index (χ1n) is 3.74. The van der Waals surface area contributed by atoms with Crippen LogP contribution in [0.25, 0.3) is 0 Å². The first-order valence-corrected chi connectivity index (χ1v) is 3.74. The van der Waals surface area contributed by atoms with Crippen LogP contribution in [0.4, 0.5) is 5.69 Å². The molecule has 0 bridgehead atoms. The van der Waals surface area contributed by atoms with Crippen LogP contribution in [0.1, 0.15) is 0 Å². The van der Waals surface area contributed by atoms with E-state index in [4.69, 9.17) is 10.8 Å². The van der Waals surface area contributed by atoms with Crippen LogP contribution in [0, 0.1) is 0 Å². The maximum absolute atomic E-state index is 11.3. The molecule has 0 fully saturated rings. The Morgan fingerprint density at radius 3 is 2.69 bits per heavy atom. The molecule has 0 saturated heterocycles. The molecule has 0 aliphatic rings. The molecule has 0 radical (unpaired) electrons. The Morgan fingerprint density at radius 2 is 2.15 bits per heavy atom. The third-order valence-electron chi connectivity index (χ3n) is 1.68. The summed E-state index contributed by atoms with van der Waals surface area (Å²) in [6.07, 6.45) is 1.26. The van der Waals surface area contributed by atoms with E-state index in [-0.39, 0.29) is 18.8 Å². The van der Waals surface area contributed by atoms with E-state index in [1.54, 1.807) is 0 Å². The number of nitrogens with two attached hydrogens (primary N) is 1. The fourth-order valence-corrected chi connectivity index (χ4v) is 1.05. The van der Waals surface area contributed by atoms with Gasteiger partial charge in [-0.25, -0.2) is 4.79 Å². The normalized spacial score (nSPS) is 10.3. The van der Waals surface area contributed by atoms with E-state index in [0.29, 0.717) is 0 Å². The SMILES string of the molecule is Cn1cc(N)c(=O)n(CCO)c1=O. The van der Waals surface area contributed by atoms with Crippen LogP contribution in [0.2, 0.25) is 0 Å². The Hall–Kier alpha value is -1.56. The average molecular weight is 185 g/mol. The van der Waals surface area contributed by atoms with Crippen molar-refractivity contribution in [3.8, 4) is 0 Å². The zero-order valence-electron chi connectivity index (χ0n) is 7.23. The molecular formula is C7H11N3O3. The van der Waals surface area contributed by atoms with Gasteiger partial charge in [-0.3, -0.25) is 9.36 Å². The Balaban J connectivity index is 3.47. The topological polar surface area (TPSA) is 90.2 Å². The van der Waals surface area contributed by atoms with Crippen LogP contribution in [0.5, 0.6) is 0 Å². The van der Waals surface area contributed by atoms with Gasteiger partial charge < -0.3 is 15.4 Å². The highest BCUT2D eigenvalue weighted by molar-refractivity contribution is 5.30. The van der Waals surface area contributed by atoms with Gasteiger partial charge in [0.25, 0.3) is 5.56 Å². The summed E-state index contributed by atoms with van der Waals surface area (Å²) in [5, 5.41) is 8.60. The van der Waals surface area contributed by atoms with Crippen molar-refractivity contribution >= 4 is 5.69 Å². The van der Waals surface area contributed by atoms with Gasteiger partial charge in [0.15, 0.2) is 0 Å². The number of nitrogen functional groups attached to an aromatic ring is 1. The van der Waals surface area contributed by atoms with Crippen molar-refractivity contribution in [2.24, 2.45) is 7.05 Å². The largest absolute Gasteiger partial charge is 0.395 e. The van der Waals surface area contributed by atoms with E-state index in [2.05, 4.69) is 0 Å². The maximum Gasteiger partial charge on any atom is 0.330 e. The quantitative estimate of drug-likeness (QED) is 0.564. The smallest absolute Gasteiger partial charge is 0.330 e. The number of anilines is 1. The third-order valence-corrected chi connectivity index (χ3v) is 1.68. The summed E-state index contributed by atoms with van der Waals surface area (Å²) in [6, 6.07) is 0. The molecule has 72 valence electrons. The fourth-order valence-electron chi connectivity index (χ4n) is 1.05. The predicted molar refractivity (Wildman–Crippen MR) is 47.4 cm³/mol. The van der Waals surface area contributed by atoms with Crippen LogP contribution in [0.3, 0.4) is 0 Å². The molecule has 0 amide bonds. The van der Waals surface area contributed by atoms with E-state index < -0.39 is 11.2 Å². The van der Waals surface area contributed by atoms with Gasteiger partial charge in [-0.2, -0.15) is 0 Å². The van der Waals surface area contributed by atoms with Crippen LogP contribution in [-0.4, -0.2) is 20.8 Å². The van der Waals surface area contributed by atoms with Crippen molar-refractivity contribution in [1.82, 2.24) is 9.13 Å². The van der Waals surface area contributed by atoms with Crippen molar-refractivity contribution in [3.05, 3.63) is 27.0 Å². The van der Waals surface area contributed by atoms with Crippen molar-refractivity contribution in [3.63, 3.8) is 0 Å². The summed E-state index contributed by atoms with van der Waals surface area (Å²) in [5.74, 6) is 0. The monoisotopic (exact) mass is 185 g/mol.